The summed E-state index contributed by atoms with van der Waals surface area (Å²) in [5, 5.41) is 11.1. The summed E-state index contributed by atoms with van der Waals surface area (Å²) in [6.45, 7) is 3.72. The molecule has 0 amide bonds. The van der Waals surface area contributed by atoms with E-state index in [9.17, 15) is 5.21 Å². The van der Waals surface area contributed by atoms with Crippen molar-refractivity contribution in [2.45, 2.75) is 13.8 Å². The summed E-state index contributed by atoms with van der Waals surface area (Å²) in [6.07, 6.45) is 1.49. The van der Waals surface area contributed by atoms with E-state index in [0.29, 0.717) is 5.88 Å². The van der Waals surface area contributed by atoms with E-state index in [4.69, 9.17) is 4.74 Å². The molecule has 0 atom stereocenters. The molecule has 0 fully saturated rings. The summed E-state index contributed by atoms with van der Waals surface area (Å²) < 4.78 is 5.62. The molecule has 0 bridgehead atoms. The first-order chi connectivity index (χ1) is 5.15. The average molecular weight is 153 g/mol. The van der Waals surface area contributed by atoms with Crippen molar-refractivity contribution in [2.24, 2.45) is 0 Å². The van der Waals surface area contributed by atoms with Crippen molar-refractivity contribution in [1.29, 1.82) is 0 Å². The highest BCUT2D eigenvalue weighted by Crippen LogP contribution is 2.11. The third-order valence-electron chi connectivity index (χ3n) is 1.50. The number of rotatable bonds is 1. The second-order valence-corrected chi connectivity index (χ2v) is 2.54. The third kappa shape index (κ3) is 1.42. The van der Waals surface area contributed by atoms with E-state index >= 15 is 0 Å². The summed E-state index contributed by atoms with van der Waals surface area (Å²) in [4.78, 5) is 0. The van der Waals surface area contributed by atoms with Crippen molar-refractivity contribution < 1.29 is 9.47 Å². The first kappa shape index (κ1) is 7.85. The molecule has 0 spiro atoms. The van der Waals surface area contributed by atoms with E-state index in [0.717, 1.165) is 15.9 Å². The molecule has 1 rings (SSSR count). The zero-order valence-corrected chi connectivity index (χ0v) is 6.92. The van der Waals surface area contributed by atoms with Gasteiger partial charge in [-0.3, -0.25) is 0 Å². The molecule has 0 unspecified atom stereocenters. The second kappa shape index (κ2) is 2.78. The quantitative estimate of drug-likeness (QED) is 0.444. The molecule has 60 valence electrons. The van der Waals surface area contributed by atoms with Gasteiger partial charge in [-0.25, -0.2) is 0 Å². The van der Waals surface area contributed by atoms with Crippen molar-refractivity contribution >= 4 is 0 Å². The molecule has 1 heterocycles. The number of aryl methyl sites for hydroxylation is 2. The summed E-state index contributed by atoms with van der Waals surface area (Å²) in [5.41, 5.74) is 1.81. The first-order valence-corrected chi connectivity index (χ1v) is 3.39. The Hall–Kier alpha value is -1.25. The molecule has 0 saturated carbocycles. The molecule has 0 radical (unpaired) electrons. The van der Waals surface area contributed by atoms with Gasteiger partial charge in [-0.15, -0.1) is 4.73 Å². The maximum atomic E-state index is 11.1. The Morgan fingerprint density at radius 3 is 2.55 bits per heavy atom. The van der Waals surface area contributed by atoms with Crippen LogP contribution in [0.1, 0.15) is 11.1 Å². The van der Waals surface area contributed by atoms with Crippen LogP contribution in [0.4, 0.5) is 0 Å². The van der Waals surface area contributed by atoms with Crippen LogP contribution >= 0.6 is 0 Å². The van der Waals surface area contributed by atoms with Crippen molar-refractivity contribution in [2.75, 3.05) is 7.11 Å². The molecule has 11 heavy (non-hydrogen) atoms. The molecule has 3 heteroatoms. The lowest BCUT2D eigenvalue weighted by molar-refractivity contribution is -0.613. The number of hydrogen-bond acceptors (Lipinski definition) is 2. The van der Waals surface area contributed by atoms with Crippen molar-refractivity contribution in [3.05, 3.63) is 28.6 Å². The zero-order valence-electron chi connectivity index (χ0n) is 6.92. The minimum atomic E-state index is 0.371. The van der Waals surface area contributed by atoms with Crippen LogP contribution in [0.5, 0.6) is 5.88 Å². The fraction of sp³-hybridized carbons (Fsp3) is 0.375. The lowest BCUT2D eigenvalue weighted by Crippen LogP contribution is -2.29. The average Bonchev–Trinajstić information content (AvgIpc) is 1.85. The predicted octanol–water partition coefficient (Wildman–Crippen LogP) is 0.945. The monoisotopic (exact) mass is 153 g/mol. The molecule has 0 aliphatic rings. The molecule has 0 aliphatic heterocycles. The molecule has 1 aromatic rings. The highest BCUT2D eigenvalue weighted by atomic mass is 16.5. The number of methoxy groups -OCH3 is 1. The number of pyridine rings is 1. The van der Waals surface area contributed by atoms with E-state index < -0.39 is 0 Å². The summed E-state index contributed by atoms with van der Waals surface area (Å²) in [5.74, 6) is 0.371. The van der Waals surface area contributed by atoms with Crippen LogP contribution in [-0.4, -0.2) is 7.11 Å². The maximum absolute atomic E-state index is 11.1. The summed E-state index contributed by atoms with van der Waals surface area (Å²) >= 11 is 0. The standard InChI is InChI=1S/C8H11NO2/c1-6-4-7(2)8(11-3)9(10)5-6/h4-5H,1-3H3. The molecule has 0 saturated heterocycles. The molecule has 1 aromatic heterocycles. The van der Waals surface area contributed by atoms with Gasteiger partial charge in [0, 0.05) is 5.56 Å². The van der Waals surface area contributed by atoms with E-state index in [-0.39, 0.29) is 0 Å². The van der Waals surface area contributed by atoms with Gasteiger partial charge in [0.05, 0.1) is 12.7 Å². The fourth-order valence-electron chi connectivity index (χ4n) is 1.11. The number of hydrogen-bond donors (Lipinski definition) is 0. The molecule has 0 aliphatic carbocycles. The van der Waals surface area contributed by atoms with Gasteiger partial charge in [0.1, 0.15) is 0 Å². The van der Waals surface area contributed by atoms with Crippen LogP contribution in [0, 0.1) is 19.1 Å². The minimum Gasteiger partial charge on any atom is -0.616 e. The Morgan fingerprint density at radius 2 is 2.09 bits per heavy atom. The van der Waals surface area contributed by atoms with E-state index in [1.807, 2.05) is 19.9 Å². The SMILES string of the molecule is COc1c(C)cc(C)c[n+]1[O-]. The summed E-state index contributed by atoms with van der Waals surface area (Å²) in [7, 11) is 1.49. The van der Waals surface area contributed by atoms with Gasteiger partial charge in [0.15, 0.2) is 6.20 Å². The normalized spacial score (nSPS) is 9.73. The molecule has 0 aromatic carbocycles. The molecule has 3 nitrogen and oxygen atoms in total. The van der Waals surface area contributed by atoms with Crippen molar-refractivity contribution in [3.8, 4) is 5.88 Å². The Bertz CT molecular complexity index is 248. The molecular formula is C8H11NO2. The van der Waals surface area contributed by atoms with Gasteiger partial charge in [-0.1, -0.05) is 0 Å². The Balaban J connectivity index is 3.25. The number of aromatic nitrogens is 1. The largest absolute Gasteiger partial charge is 0.616 e. The van der Waals surface area contributed by atoms with Gasteiger partial charge >= 0.3 is 5.88 Å². The van der Waals surface area contributed by atoms with Gasteiger partial charge in [-0.2, -0.15) is 0 Å². The van der Waals surface area contributed by atoms with Crippen LogP contribution in [-0.2, 0) is 0 Å². The second-order valence-electron chi connectivity index (χ2n) is 2.54. The van der Waals surface area contributed by atoms with Crippen LogP contribution in [0.25, 0.3) is 0 Å². The Morgan fingerprint density at radius 1 is 1.45 bits per heavy atom. The van der Waals surface area contributed by atoms with E-state index in [2.05, 4.69) is 0 Å². The van der Waals surface area contributed by atoms with Crippen LogP contribution in [0.2, 0.25) is 0 Å². The highest BCUT2D eigenvalue weighted by Gasteiger charge is 2.08. The van der Waals surface area contributed by atoms with E-state index in [1.165, 1.54) is 13.3 Å². The van der Waals surface area contributed by atoms with Gasteiger partial charge in [-0.05, 0) is 19.9 Å². The zero-order chi connectivity index (χ0) is 8.43. The van der Waals surface area contributed by atoms with Crippen molar-refractivity contribution in [1.82, 2.24) is 0 Å². The topological polar surface area (TPSA) is 36.2 Å². The Labute approximate surface area is 65.8 Å². The predicted molar refractivity (Wildman–Crippen MR) is 41.4 cm³/mol. The van der Waals surface area contributed by atoms with Crippen LogP contribution in [0.15, 0.2) is 12.3 Å². The third-order valence-corrected chi connectivity index (χ3v) is 1.50. The minimum absolute atomic E-state index is 0.371. The lowest BCUT2D eigenvalue weighted by atomic mass is 10.2. The smallest absolute Gasteiger partial charge is 0.382 e. The maximum Gasteiger partial charge on any atom is 0.382 e. The van der Waals surface area contributed by atoms with Crippen LogP contribution < -0.4 is 9.47 Å². The molecular weight excluding hydrogens is 142 g/mol. The summed E-state index contributed by atoms with van der Waals surface area (Å²) in [6, 6.07) is 1.91. The van der Waals surface area contributed by atoms with Gasteiger partial charge in [0.2, 0.25) is 0 Å². The van der Waals surface area contributed by atoms with Gasteiger partial charge in [0.25, 0.3) is 0 Å². The molecule has 0 N–H and O–H groups in total. The number of nitrogens with zero attached hydrogens (tertiary/aromatic N) is 1. The Kier molecular flexibility index (Phi) is 1.98. The van der Waals surface area contributed by atoms with Crippen LogP contribution in [0.3, 0.4) is 0 Å². The van der Waals surface area contributed by atoms with Crippen molar-refractivity contribution in [3.63, 3.8) is 0 Å². The lowest BCUT2D eigenvalue weighted by Gasteiger charge is -2.05. The number of ether oxygens (including phenoxy) is 1. The first-order valence-electron chi connectivity index (χ1n) is 3.39. The fourth-order valence-corrected chi connectivity index (χ4v) is 1.11. The highest BCUT2D eigenvalue weighted by molar-refractivity contribution is 5.23. The van der Waals surface area contributed by atoms with E-state index in [1.54, 1.807) is 0 Å². The van der Waals surface area contributed by atoms with Gasteiger partial charge < -0.3 is 9.94 Å².